The Kier molecular flexibility index (Phi) is 5.43. The van der Waals surface area contributed by atoms with Gasteiger partial charge in [0.05, 0.1) is 12.3 Å². The maximum atomic E-state index is 13.1. The second-order valence-electron chi connectivity index (χ2n) is 6.31. The summed E-state index contributed by atoms with van der Waals surface area (Å²) < 4.78 is 20.7. The molecule has 0 saturated carbocycles. The number of halogens is 1. The highest BCUT2D eigenvalue weighted by Crippen LogP contribution is 2.19. The van der Waals surface area contributed by atoms with Crippen molar-refractivity contribution in [3.63, 3.8) is 0 Å². The molecule has 0 aliphatic carbocycles. The van der Waals surface area contributed by atoms with Crippen LogP contribution in [-0.4, -0.2) is 33.9 Å². The molecule has 1 aromatic heterocycles. The molecule has 128 valence electrons. The number of nitrogens with zero attached hydrogens (tertiary/aromatic N) is 3. The van der Waals surface area contributed by atoms with Crippen LogP contribution < -0.4 is 0 Å². The van der Waals surface area contributed by atoms with Crippen LogP contribution in [0.2, 0.25) is 0 Å². The summed E-state index contributed by atoms with van der Waals surface area (Å²) in [6, 6.07) is 6.72. The molecule has 0 bridgehead atoms. The van der Waals surface area contributed by atoms with E-state index in [0.29, 0.717) is 0 Å². The number of rotatable bonds is 7. The predicted molar refractivity (Wildman–Crippen MR) is 92.8 cm³/mol. The van der Waals surface area contributed by atoms with E-state index in [4.69, 9.17) is 4.74 Å². The summed E-state index contributed by atoms with van der Waals surface area (Å²) in [5.41, 5.74) is 3.37. The van der Waals surface area contributed by atoms with E-state index >= 15 is 0 Å². The van der Waals surface area contributed by atoms with E-state index in [1.54, 1.807) is 10.9 Å². The molecule has 3 rings (SSSR count). The fraction of sp³-hybridized carbons (Fsp3) is 0.421. The molecule has 1 saturated heterocycles. The smallest absolute Gasteiger partial charge is 0.123 e. The molecular weight excluding hydrogens is 305 g/mol. The molecule has 1 aliphatic rings. The van der Waals surface area contributed by atoms with Crippen molar-refractivity contribution in [2.75, 3.05) is 13.2 Å². The molecule has 2 aromatic rings. The first-order valence-corrected chi connectivity index (χ1v) is 8.39. The Morgan fingerprint density at radius 2 is 2.17 bits per heavy atom. The van der Waals surface area contributed by atoms with Crippen molar-refractivity contribution in [2.45, 2.75) is 39.0 Å². The van der Waals surface area contributed by atoms with E-state index < -0.39 is 0 Å². The number of benzene rings is 1. The molecule has 24 heavy (non-hydrogen) atoms. The summed E-state index contributed by atoms with van der Waals surface area (Å²) in [6.45, 7) is 9.09. The highest BCUT2D eigenvalue weighted by molar-refractivity contribution is 5.26. The molecule has 1 unspecified atom stereocenters. The van der Waals surface area contributed by atoms with Crippen LogP contribution in [0.4, 0.5) is 4.39 Å². The summed E-state index contributed by atoms with van der Waals surface area (Å²) >= 11 is 0. The maximum absolute atomic E-state index is 13.1. The van der Waals surface area contributed by atoms with Crippen LogP contribution in [-0.2, 0) is 17.8 Å². The van der Waals surface area contributed by atoms with E-state index in [-0.39, 0.29) is 11.9 Å². The third-order valence-corrected chi connectivity index (χ3v) is 4.52. The maximum Gasteiger partial charge on any atom is 0.123 e. The van der Waals surface area contributed by atoms with Gasteiger partial charge in [-0.05, 0) is 37.5 Å². The van der Waals surface area contributed by atoms with E-state index in [2.05, 4.69) is 16.6 Å². The highest BCUT2D eigenvalue weighted by Gasteiger charge is 2.20. The third-order valence-electron chi connectivity index (χ3n) is 4.52. The molecule has 2 heterocycles. The zero-order valence-corrected chi connectivity index (χ0v) is 14.1. The van der Waals surface area contributed by atoms with Crippen molar-refractivity contribution in [3.8, 4) is 0 Å². The van der Waals surface area contributed by atoms with Gasteiger partial charge >= 0.3 is 0 Å². The highest BCUT2D eigenvalue weighted by atomic mass is 19.1. The summed E-state index contributed by atoms with van der Waals surface area (Å²) in [6.07, 6.45) is 6.11. The lowest BCUT2D eigenvalue weighted by molar-refractivity contribution is 0.0678. The summed E-state index contributed by atoms with van der Waals surface area (Å²) in [5, 5.41) is 4.33. The average Bonchev–Trinajstić information content (AvgIpc) is 3.20. The van der Waals surface area contributed by atoms with Gasteiger partial charge in [0.15, 0.2) is 0 Å². The standard InChI is InChI=1S/C19H24FN3O/c1-3-23-15(2)17(11-21-23)13-22(14-19-5-4-10-24-19)12-16-6-8-18(20)9-7-16/h3,6-9,11,19H,1,4-5,10,12-14H2,2H3. The quantitative estimate of drug-likeness (QED) is 0.777. The lowest BCUT2D eigenvalue weighted by Crippen LogP contribution is -2.31. The summed E-state index contributed by atoms with van der Waals surface area (Å²) in [4.78, 5) is 2.35. The minimum Gasteiger partial charge on any atom is -0.377 e. The van der Waals surface area contributed by atoms with Crippen molar-refractivity contribution in [3.05, 3.63) is 59.7 Å². The molecule has 0 radical (unpaired) electrons. The van der Waals surface area contributed by atoms with Crippen molar-refractivity contribution in [1.29, 1.82) is 0 Å². The minimum atomic E-state index is -0.201. The SMILES string of the molecule is C=Cn1ncc(CN(Cc2ccc(F)cc2)CC2CCCO2)c1C. The Bertz CT molecular complexity index is 674. The van der Waals surface area contributed by atoms with Gasteiger partial charge in [-0.15, -0.1) is 0 Å². The van der Waals surface area contributed by atoms with Crippen LogP contribution >= 0.6 is 0 Å². The van der Waals surface area contributed by atoms with Gasteiger partial charge in [-0.1, -0.05) is 18.7 Å². The third kappa shape index (κ3) is 4.10. The van der Waals surface area contributed by atoms with Crippen LogP contribution in [0.15, 0.2) is 37.0 Å². The van der Waals surface area contributed by atoms with Crippen molar-refractivity contribution in [1.82, 2.24) is 14.7 Å². The van der Waals surface area contributed by atoms with Gasteiger partial charge in [0.2, 0.25) is 0 Å². The molecule has 1 aliphatic heterocycles. The van der Waals surface area contributed by atoms with Crippen LogP contribution in [0.1, 0.15) is 29.7 Å². The fourth-order valence-electron chi connectivity index (χ4n) is 3.15. The molecule has 4 nitrogen and oxygen atoms in total. The fourth-order valence-corrected chi connectivity index (χ4v) is 3.15. The zero-order valence-electron chi connectivity index (χ0n) is 14.1. The largest absolute Gasteiger partial charge is 0.377 e. The Balaban J connectivity index is 1.73. The first kappa shape index (κ1) is 16.9. The van der Waals surface area contributed by atoms with Gasteiger partial charge in [-0.25, -0.2) is 9.07 Å². The Morgan fingerprint density at radius 1 is 1.38 bits per heavy atom. The van der Waals surface area contributed by atoms with Gasteiger partial charge in [0.25, 0.3) is 0 Å². The van der Waals surface area contributed by atoms with Gasteiger partial charge in [0, 0.05) is 43.7 Å². The van der Waals surface area contributed by atoms with Gasteiger partial charge < -0.3 is 4.74 Å². The lowest BCUT2D eigenvalue weighted by Gasteiger charge is -2.25. The lowest BCUT2D eigenvalue weighted by atomic mass is 10.1. The van der Waals surface area contributed by atoms with Crippen molar-refractivity contribution >= 4 is 6.20 Å². The topological polar surface area (TPSA) is 30.3 Å². The molecule has 0 amide bonds. The minimum absolute atomic E-state index is 0.201. The first-order chi connectivity index (χ1) is 11.7. The van der Waals surface area contributed by atoms with E-state index in [1.807, 2.05) is 25.3 Å². The van der Waals surface area contributed by atoms with Crippen molar-refractivity contribution < 1.29 is 9.13 Å². The van der Waals surface area contributed by atoms with Crippen LogP contribution in [0.3, 0.4) is 0 Å². The molecule has 1 atom stereocenters. The van der Waals surface area contributed by atoms with E-state index in [9.17, 15) is 4.39 Å². The monoisotopic (exact) mass is 329 g/mol. The van der Waals surface area contributed by atoms with Gasteiger partial charge in [0.1, 0.15) is 5.82 Å². The first-order valence-electron chi connectivity index (χ1n) is 8.39. The molecule has 0 N–H and O–H groups in total. The predicted octanol–water partition coefficient (Wildman–Crippen LogP) is 3.61. The van der Waals surface area contributed by atoms with E-state index in [0.717, 1.165) is 50.3 Å². The molecular formula is C19H24FN3O. The normalized spacial score (nSPS) is 17.5. The summed E-state index contributed by atoms with van der Waals surface area (Å²) in [5.74, 6) is -0.201. The number of hydrogen-bond acceptors (Lipinski definition) is 3. The number of aromatic nitrogens is 2. The second-order valence-corrected chi connectivity index (χ2v) is 6.31. The molecule has 1 fully saturated rings. The Hall–Kier alpha value is -1.98. The Labute approximate surface area is 142 Å². The van der Waals surface area contributed by atoms with Gasteiger partial charge in [-0.2, -0.15) is 5.10 Å². The van der Waals surface area contributed by atoms with Crippen LogP contribution in [0.25, 0.3) is 6.20 Å². The number of ether oxygens (including phenoxy) is 1. The second kappa shape index (κ2) is 7.73. The molecule has 5 heteroatoms. The average molecular weight is 329 g/mol. The van der Waals surface area contributed by atoms with Crippen molar-refractivity contribution in [2.24, 2.45) is 0 Å². The van der Waals surface area contributed by atoms with Crippen LogP contribution in [0.5, 0.6) is 0 Å². The summed E-state index contributed by atoms with van der Waals surface area (Å²) in [7, 11) is 0. The van der Waals surface area contributed by atoms with E-state index in [1.165, 1.54) is 17.7 Å². The van der Waals surface area contributed by atoms with Crippen LogP contribution in [0, 0.1) is 12.7 Å². The van der Waals surface area contributed by atoms with Gasteiger partial charge in [-0.3, -0.25) is 4.90 Å². The Morgan fingerprint density at radius 3 is 2.79 bits per heavy atom. The zero-order chi connectivity index (χ0) is 16.9. The molecule has 1 aromatic carbocycles. The number of hydrogen-bond donors (Lipinski definition) is 0. The molecule has 0 spiro atoms.